The zero-order valence-corrected chi connectivity index (χ0v) is 14.1. The lowest BCUT2D eigenvalue weighted by Gasteiger charge is -2.31. The van der Waals surface area contributed by atoms with E-state index in [4.69, 9.17) is 0 Å². The largest absolute Gasteiger partial charge is 0.334 e. The summed E-state index contributed by atoms with van der Waals surface area (Å²) in [6.45, 7) is 8.81. The average Bonchev–Trinajstić information content (AvgIpc) is 2.99. The first-order valence-electron chi connectivity index (χ1n) is 7.85. The van der Waals surface area contributed by atoms with Crippen LogP contribution in [0.25, 0.3) is 0 Å². The normalized spacial score (nSPS) is 18.2. The molecule has 1 aromatic rings. The van der Waals surface area contributed by atoms with Crippen molar-refractivity contribution >= 4 is 17.7 Å². The van der Waals surface area contributed by atoms with E-state index in [9.17, 15) is 4.79 Å². The Morgan fingerprint density at radius 3 is 2.81 bits per heavy atom. The van der Waals surface area contributed by atoms with Gasteiger partial charge in [0, 0.05) is 29.9 Å². The molecule has 1 heterocycles. The molecule has 0 radical (unpaired) electrons. The highest BCUT2D eigenvalue weighted by atomic mass is 32.2. The van der Waals surface area contributed by atoms with Crippen LogP contribution < -0.4 is 5.32 Å². The first kappa shape index (κ1) is 16.4. The smallest absolute Gasteiger partial charge is 0.225 e. The van der Waals surface area contributed by atoms with Crippen molar-refractivity contribution in [3.63, 3.8) is 0 Å². The van der Waals surface area contributed by atoms with E-state index in [1.165, 1.54) is 10.5 Å². The lowest BCUT2D eigenvalue weighted by Crippen LogP contribution is -2.43. The van der Waals surface area contributed by atoms with E-state index < -0.39 is 0 Å². The monoisotopic (exact) mass is 306 g/mol. The number of benzene rings is 1. The van der Waals surface area contributed by atoms with Gasteiger partial charge in [0.25, 0.3) is 0 Å². The minimum absolute atomic E-state index is 0.0524. The van der Waals surface area contributed by atoms with Crippen LogP contribution in [0.4, 0.5) is 0 Å². The summed E-state index contributed by atoms with van der Waals surface area (Å²) < 4.78 is 0. The van der Waals surface area contributed by atoms with Crippen LogP contribution in [0, 0.1) is 5.92 Å². The molecule has 1 aliphatic heterocycles. The van der Waals surface area contributed by atoms with Gasteiger partial charge < -0.3 is 10.2 Å². The number of hydrogen-bond acceptors (Lipinski definition) is 3. The summed E-state index contributed by atoms with van der Waals surface area (Å²) in [5, 5.41) is 3.37. The zero-order chi connectivity index (χ0) is 15.2. The maximum atomic E-state index is 12.6. The Kier molecular flexibility index (Phi) is 6.12. The molecule has 1 fully saturated rings. The highest BCUT2D eigenvalue weighted by molar-refractivity contribution is 7.99. The molecule has 1 atom stereocenters. The molecule has 0 aromatic heterocycles. The predicted molar refractivity (Wildman–Crippen MR) is 89.5 cm³/mol. The van der Waals surface area contributed by atoms with E-state index >= 15 is 0 Å². The van der Waals surface area contributed by atoms with E-state index in [0.717, 1.165) is 31.8 Å². The highest BCUT2D eigenvalue weighted by Crippen LogP contribution is 2.25. The number of carbonyl (C=O) groups excluding carboxylic acids is 1. The van der Waals surface area contributed by atoms with E-state index in [1.807, 2.05) is 25.6 Å². The standard InChI is InChI=1S/C17H26N2OS/c1-4-21-16-8-6-5-7-14(16)12-19(17(20)13(2)3)15-9-10-18-11-15/h5-8,13,15,18H,4,9-12H2,1-3H3/t15-/m0/s1. The molecule has 0 aliphatic carbocycles. The van der Waals surface area contributed by atoms with E-state index in [0.29, 0.717) is 6.04 Å². The van der Waals surface area contributed by atoms with Crippen molar-refractivity contribution < 1.29 is 4.79 Å². The Labute approximate surface area is 132 Å². The van der Waals surface area contributed by atoms with Crippen molar-refractivity contribution in [3.05, 3.63) is 29.8 Å². The molecule has 0 saturated carbocycles. The molecule has 1 saturated heterocycles. The minimum atomic E-state index is 0.0524. The van der Waals surface area contributed by atoms with Crippen molar-refractivity contribution in [1.82, 2.24) is 10.2 Å². The van der Waals surface area contributed by atoms with Crippen molar-refractivity contribution in [2.75, 3.05) is 18.8 Å². The lowest BCUT2D eigenvalue weighted by molar-refractivity contribution is -0.137. The SMILES string of the molecule is CCSc1ccccc1CN(C(=O)C(C)C)[C@H]1CCNC1. The van der Waals surface area contributed by atoms with Crippen molar-refractivity contribution in [2.45, 2.75) is 44.7 Å². The quantitative estimate of drug-likeness (QED) is 0.820. The molecule has 0 unspecified atom stereocenters. The first-order valence-corrected chi connectivity index (χ1v) is 8.84. The maximum absolute atomic E-state index is 12.6. The van der Waals surface area contributed by atoms with Gasteiger partial charge in [0.05, 0.1) is 0 Å². The number of thioether (sulfide) groups is 1. The number of nitrogens with one attached hydrogen (secondary N) is 1. The molecular formula is C17H26N2OS. The van der Waals surface area contributed by atoms with Crippen LogP contribution in [0.2, 0.25) is 0 Å². The third-order valence-electron chi connectivity index (χ3n) is 3.87. The predicted octanol–water partition coefficient (Wildman–Crippen LogP) is 3.15. The molecular weight excluding hydrogens is 280 g/mol. The summed E-state index contributed by atoms with van der Waals surface area (Å²) in [5.41, 5.74) is 1.27. The Morgan fingerprint density at radius 1 is 1.43 bits per heavy atom. The van der Waals surface area contributed by atoms with Crippen molar-refractivity contribution in [1.29, 1.82) is 0 Å². The molecule has 1 aromatic carbocycles. The van der Waals surface area contributed by atoms with Gasteiger partial charge in [-0.15, -0.1) is 11.8 Å². The summed E-state index contributed by atoms with van der Waals surface area (Å²) in [6, 6.07) is 8.79. The summed E-state index contributed by atoms with van der Waals surface area (Å²) in [4.78, 5) is 16.0. The summed E-state index contributed by atoms with van der Waals surface area (Å²) in [5.74, 6) is 1.37. The van der Waals surface area contributed by atoms with Gasteiger partial charge in [-0.1, -0.05) is 39.0 Å². The molecule has 1 N–H and O–H groups in total. The van der Waals surface area contributed by atoms with Crippen LogP contribution in [0.5, 0.6) is 0 Å². The number of amides is 1. The van der Waals surface area contributed by atoms with Gasteiger partial charge >= 0.3 is 0 Å². The second-order valence-electron chi connectivity index (χ2n) is 5.81. The van der Waals surface area contributed by atoms with Gasteiger partial charge in [-0.3, -0.25) is 4.79 Å². The minimum Gasteiger partial charge on any atom is -0.334 e. The summed E-state index contributed by atoms with van der Waals surface area (Å²) >= 11 is 1.85. The van der Waals surface area contributed by atoms with Gasteiger partial charge in [-0.05, 0) is 30.3 Å². The maximum Gasteiger partial charge on any atom is 0.225 e. The van der Waals surface area contributed by atoms with Crippen LogP contribution in [0.3, 0.4) is 0 Å². The second kappa shape index (κ2) is 7.85. The summed E-state index contributed by atoms with van der Waals surface area (Å²) in [7, 11) is 0. The number of carbonyl (C=O) groups is 1. The van der Waals surface area contributed by atoms with Crippen LogP contribution in [0.15, 0.2) is 29.2 Å². The van der Waals surface area contributed by atoms with E-state index in [-0.39, 0.29) is 11.8 Å². The molecule has 0 spiro atoms. The van der Waals surface area contributed by atoms with Crippen LogP contribution in [-0.4, -0.2) is 35.7 Å². The molecule has 116 valence electrons. The third-order valence-corrected chi connectivity index (χ3v) is 4.86. The lowest BCUT2D eigenvalue weighted by atomic mass is 10.1. The molecule has 4 heteroatoms. The molecule has 1 aliphatic rings. The van der Waals surface area contributed by atoms with Crippen molar-refractivity contribution in [2.24, 2.45) is 5.92 Å². The van der Waals surface area contributed by atoms with E-state index in [2.05, 4.69) is 41.4 Å². The zero-order valence-electron chi connectivity index (χ0n) is 13.3. The fourth-order valence-corrected chi connectivity index (χ4v) is 3.54. The second-order valence-corrected chi connectivity index (χ2v) is 7.11. The Morgan fingerprint density at radius 2 is 2.19 bits per heavy atom. The molecule has 3 nitrogen and oxygen atoms in total. The molecule has 2 rings (SSSR count). The number of rotatable bonds is 6. The van der Waals surface area contributed by atoms with Gasteiger partial charge in [-0.25, -0.2) is 0 Å². The topological polar surface area (TPSA) is 32.3 Å². The number of hydrogen-bond donors (Lipinski definition) is 1. The average molecular weight is 306 g/mol. The Hall–Kier alpha value is -1.00. The molecule has 0 bridgehead atoms. The van der Waals surface area contributed by atoms with Crippen molar-refractivity contribution in [3.8, 4) is 0 Å². The fraction of sp³-hybridized carbons (Fsp3) is 0.588. The summed E-state index contributed by atoms with van der Waals surface area (Å²) in [6.07, 6.45) is 1.06. The third kappa shape index (κ3) is 4.24. The Bertz CT molecular complexity index is 470. The van der Waals surface area contributed by atoms with Crippen LogP contribution in [-0.2, 0) is 11.3 Å². The van der Waals surface area contributed by atoms with E-state index in [1.54, 1.807) is 0 Å². The van der Waals surface area contributed by atoms with Gasteiger partial charge in [0.2, 0.25) is 5.91 Å². The van der Waals surface area contributed by atoms with Crippen LogP contribution in [0.1, 0.15) is 32.8 Å². The highest BCUT2D eigenvalue weighted by Gasteiger charge is 2.28. The molecule has 1 amide bonds. The van der Waals surface area contributed by atoms with Gasteiger partial charge in [-0.2, -0.15) is 0 Å². The molecule has 21 heavy (non-hydrogen) atoms. The first-order chi connectivity index (χ1) is 10.1. The van der Waals surface area contributed by atoms with Gasteiger partial charge in [0.1, 0.15) is 0 Å². The number of nitrogens with zero attached hydrogens (tertiary/aromatic N) is 1. The fourth-order valence-electron chi connectivity index (χ4n) is 2.74. The van der Waals surface area contributed by atoms with Crippen LogP contribution >= 0.6 is 11.8 Å². The Balaban J connectivity index is 2.20. The van der Waals surface area contributed by atoms with Gasteiger partial charge in [0.15, 0.2) is 0 Å².